The number of nitrogens with zero attached hydrogens (tertiary/aromatic N) is 1. The van der Waals surface area contributed by atoms with E-state index in [9.17, 15) is 14.4 Å². The highest BCUT2D eigenvalue weighted by Crippen LogP contribution is 2.43. The minimum absolute atomic E-state index is 0.0234. The maximum absolute atomic E-state index is 13.6. The lowest BCUT2D eigenvalue weighted by Gasteiger charge is -2.19. The van der Waals surface area contributed by atoms with E-state index in [1.807, 2.05) is 43.3 Å². The van der Waals surface area contributed by atoms with Crippen LogP contribution in [0.1, 0.15) is 100 Å². The van der Waals surface area contributed by atoms with Gasteiger partial charge in [0, 0.05) is 64.6 Å². The molecule has 2 aromatic rings. The number of hydrogen-bond acceptors (Lipinski definition) is 7. The summed E-state index contributed by atoms with van der Waals surface area (Å²) in [5.41, 5.74) is 8.91. The standard InChI is InChI=1S/C43H50N2O5/c1-7-45-37-26-40-35(23-28(37)3)41(34-22-27(2)36(44-6)25-39(34)50-40)32-19-15-16-20-33(32)43(48)49-21-17-13-11-9-8-10-12-14-18-31-24-38(46)29(4)30(5)42(31)47/h15-16,19-20,22-26,45H,7-14,17-18,21H2,1-6H3. The Bertz CT molecular complexity index is 2010. The van der Waals surface area contributed by atoms with E-state index in [1.165, 1.54) is 6.08 Å². The number of hydrogen-bond donors (Lipinski definition) is 1. The third-order valence-corrected chi connectivity index (χ3v) is 9.85. The first-order chi connectivity index (χ1) is 24.1. The molecule has 262 valence electrons. The molecule has 1 aliphatic heterocycles. The zero-order valence-electron chi connectivity index (χ0n) is 30.5. The summed E-state index contributed by atoms with van der Waals surface area (Å²) in [7, 11) is 1.78. The van der Waals surface area contributed by atoms with Gasteiger partial charge in [-0.3, -0.25) is 14.6 Å². The fraction of sp³-hybridized carbons (Fsp3) is 0.395. The number of rotatable bonds is 15. The van der Waals surface area contributed by atoms with Crippen molar-refractivity contribution in [2.45, 2.75) is 92.4 Å². The second-order valence-electron chi connectivity index (χ2n) is 13.4. The van der Waals surface area contributed by atoms with Gasteiger partial charge in [-0.05, 0) is 94.8 Å². The zero-order valence-corrected chi connectivity index (χ0v) is 30.5. The number of benzene rings is 3. The first-order valence-corrected chi connectivity index (χ1v) is 18.1. The summed E-state index contributed by atoms with van der Waals surface area (Å²) < 4.78 is 12.3. The van der Waals surface area contributed by atoms with Crippen LogP contribution in [-0.2, 0) is 14.3 Å². The van der Waals surface area contributed by atoms with E-state index < -0.39 is 0 Å². The zero-order chi connectivity index (χ0) is 35.8. The minimum atomic E-state index is -0.324. The van der Waals surface area contributed by atoms with Gasteiger partial charge < -0.3 is 14.5 Å². The molecule has 1 N–H and O–H groups in total. The number of allylic oxidation sites excluding steroid dienone is 4. The van der Waals surface area contributed by atoms with Gasteiger partial charge in [0.1, 0.15) is 11.3 Å². The van der Waals surface area contributed by atoms with E-state index >= 15 is 0 Å². The van der Waals surface area contributed by atoms with Crippen LogP contribution in [0.2, 0.25) is 0 Å². The molecule has 1 heterocycles. The molecule has 0 unspecified atom stereocenters. The Hall–Kier alpha value is -4.78. The van der Waals surface area contributed by atoms with Crippen LogP contribution in [0, 0.1) is 13.8 Å². The normalized spacial score (nSPS) is 13.8. The SMILES string of the molecule is CCNc1cc2oc3cc(=NC)c(C)cc-3c(-c3ccccc3C(=O)OCCCCCCCCCCC3=CC(=O)C(C)=C(C)C3=O)c2cc1C. The van der Waals surface area contributed by atoms with Crippen LogP contribution in [0.25, 0.3) is 33.4 Å². The topological polar surface area (TPSA) is 98.0 Å². The molecule has 2 aromatic carbocycles. The predicted molar refractivity (Wildman–Crippen MR) is 202 cm³/mol. The van der Waals surface area contributed by atoms with Gasteiger partial charge in [0.15, 0.2) is 11.6 Å². The Morgan fingerprint density at radius 3 is 2.24 bits per heavy atom. The molecule has 0 saturated carbocycles. The van der Waals surface area contributed by atoms with E-state index in [-0.39, 0.29) is 17.5 Å². The molecule has 0 fully saturated rings. The quantitative estimate of drug-likeness (QED) is 0.0583. The summed E-state index contributed by atoms with van der Waals surface area (Å²) in [6.45, 7) is 10.8. The third kappa shape index (κ3) is 8.15. The first kappa shape index (κ1) is 36.5. The second kappa shape index (κ2) is 16.8. The Balaban J connectivity index is 1.18. The number of Topliss-reactive ketones (excluding diaryl/α,β-unsaturated/α-hetero) is 1. The van der Waals surface area contributed by atoms with Gasteiger partial charge >= 0.3 is 5.97 Å². The van der Waals surface area contributed by atoms with E-state index in [1.54, 1.807) is 20.9 Å². The third-order valence-electron chi connectivity index (χ3n) is 9.85. The van der Waals surface area contributed by atoms with Crippen molar-refractivity contribution in [2.24, 2.45) is 4.99 Å². The highest BCUT2D eigenvalue weighted by molar-refractivity contribution is 6.22. The molecule has 50 heavy (non-hydrogen) atoms. The van der Waals surface area contributed by atoms with Crippen LogP contribution in [0.3, 0.4) is 0 Å². The number of esters is 1. The largest absolute Gasteiger partial charge is 0.462 e. The van der Waals surface area contributed by atoms with Crippen LogP contribution < -0.4 is 10.7 Å². The van der Waals surface area contributed by atoms with Crippen molar-refractivity contribution in [2.75, 3.05) is 25.5 Å². The maximum Gasteiger partial charge on any atom is 0.338 e. The van der Waals surface area contributed by atoms with E-state index in [4.69, 9.17) is 9.15 Å². The Kier molecular flexibility index (Phi) is 12.2. The molecular weight excluding hydrogens is 624 g/mol. The molecule has 0 spiro atoms. The molecule has 0 atom stereocenters. The van der Waals surface area contributed by atoms with Crippen molar-refractivity contribution in [3.05, 3.63) is 93.4 Å². The molecule has 3 aliphatic rings. The lowest BCUT2D eigenvalue weighted by molar-refractivity contribution is -0.116. The van der Waals surface area contributed by atoms with Crippen LogP contribution in [0.15, 0.2) is 80.7 Å². The molecule has 0 radical (unpaired) electrons. The fourth-order valence-electron chi connectivity index (χ4n) is 6.81. The van der Waals surface area contributed by atoms with Gasteiger partial charge in [0.2, 0.25) is 0 Å². The predicted octanol–water partition coefficient (Wildman–Crippen LogP) is 9.87. The van der Waals surface area contributed by atoms with Gasteiger partial charge in [-0.2, -0.15) is 0 Å². The summed E-state index contributed by atoms with van der Waals surface area (Å²) >= 11 is 0. The van der Waals surface area contributed by atoms with E-state index in [0.29, 0.717) is 41.1 Å². The van der Waals surface area contributed by atoms with E-state index in [0.717, 1.165) is 108 Å². The Morgan fingerprint density at radius 2 is 1.52 bits per heavy atom. The highest BCUT2D eigenvalue weighted by Gasteiger charge is 2.24. The molecule has 2 aliphatic carbocycles. The molecular formula is C43H50N2O5. The van der Waals surface area contributed by atoms with Crippen molar-refractivity contribution in [3.8, 4) is 22.5 Å². The lowest BCUT2D eigenvalue weighted by Crippen LogP contribution is -2.16. The summed E-state index contributed by atoms with van der Waals surface area (Å²) in [5.74, 6) is 0.377. The summed E-state index contributed by atoms with van der Waals surface area (Å²) in [5, 5.41) is 5.24. The second-order valence-corrected chi connectivity index (χ2v) is 13.4. The lowest BCUT2D eigenvalue weighted by atomic mass is 9.88. The van der Waals surface area contributed by atoms with Crippen LogP contribution in [0.5, 0.6) is 0 Å². The van der Waals surface area contributed by atoms with Gasteiger partial charge in [0.25, 0.3) is 0 Å². The average Bonchev–Trinajstić information content (AvgIpc) is 3.11. The Labute approximate surface area is 295 Å². The number of ether oxygens (including phenoxy) is 1. The monoisotopic (exact) mass is 674 g/mol. The van der Waals surface area contributed by atoms with Crippen molar-refractivity contribution < 1.29 is 23.5 Å². The number of anilines is 1. The molecule has 7 nitrogen and oxygen atoms in total. The molecule has 0 bridgehead atoms. The van der Waals surface area contributed by atoms with Crippen molar-refractivity contribution in [1.82, 2.24) is 0 Å². The summed E-state index contributed by atoms with van der Waals surface area (Å²) in [4.78, 5) is 42.5. The number of ketones is 2. The van der Waals surface area contributed by atoms with Gasteiger partial charge in [-0.15, -0.1) is 0 Å². The highest BCUT2D eigenvalue weighted by atomic mass is 16.5. The van der Waals surface area contributed by atoms with Crippen molar-refractivity contribution in [3.63, 3.8) is 0 Å². The van der Waals surface area contributed by atoms with Crippen molar-refractivity contribution >= 4 is 34.2 Å². The summed E-state index contributed by atoms with van der Waals surface area (Å²) in [6, 6.07) is 15.9. The molecule has 0 amide bonds. The van der Waals surface area contributed by atoms with Crippen LogP contribution >= 0.6 is 0 Å². The van der Waals surface area contributed by atoms with Crippen LogP contribution in [0.4, 0.5) is 5.69 Å². The molecule has 0 aromatic heterocycles. The number of carbonyl (C=O) groups excluding carboxylic acids is 3. The van der Waals surface area contributed by atoms with Gasteiger partial charge in [-0.25, -0.2) is 4.79 Å². The Morgan fingerprint density at radius 1 is 0.820 bits per heavy atom. The maximum atomic E-state index is 13.6. The fourth-order valence-corrected chi connectivity index (χ4v) is 6.81. The first-order valence-electron chi connectivity index (χ1n) is 18.1. The van der Waals surface area contributed by atoms with Gasteiger partial charge in [-0.1, -0.05) is 56.7 Å². The number of nitrogens with one attached hydrogen (secondary N) is 1. The number of carbonyl (C=O) groups is 3. The molecule has 7 heteroatoms. The minimum Gasteiger partial charge on any atom is -0.462 e. The van der Waals surface area contributed by atoms with Crippen LogP contribution in [-0.4, -0.2) is 37.7 Å². The average molecular weight is 675 g/mol. The number of fused-ring (bicyclic) bond motifs is 2. The van der Waals surface area contributed by atoms with Crippen molar-refractivity contribution in [1.29, 1.82) is 0 Å². The molecule has 5 rings (SSSR count). The summed E-state index contributed by atoms with van der Waals surface area (Å²) in [6.07, 6.45) is 10.4. The smallest absolute Gasteiger partial charge is 0.338 e. The number of unbranched alkanes of at least 4 members (excludes halogenated alkanes) is 7. The van der Waals surface area contributed by atoms with Gasteiger partial charge in [0.05, 0.1) is 17.5 Å². The molecule has 0 saturated heterocycles. The van der Waals surface area contributed by atoms with E-state index in [2.05, 4.69) is 36.3 Å². The number of aryl methyl sites for hydroxylation is 2.